The van der Waals surface area contributed by atoms with Gasteiger partial charge in [-0.2, -0.15) is 0 Å². The first-order valence-corrected chi connectivity index (χ1v) is 6.43. The SMILES string of the molecule is CCC(CC)c1nc(C)c(I)c(NC)n1. The van der Waals surface area contributed by atoms with E-state index in [2.05, 4.69) is 51.7 Å². The van der Waals surface area contributed by atoms with Crippen molar-refractivity contribution in [3.63, 3.8) is 0 Å². The minimum absolute atomic E-state index is 0.479. The first kappa shape index (κ1) is 12.7. The molecule has 1 rings (SSSR count). The summed E-state index contributed by atoms with van der Waals surface area (Å²) in [5.41, 5.74) is 1.07. The zero-order chi connectivity index (χ0) is 11.4. The number of hydrogen-bond donors (Lipinski definition) is 1. The fourth-order valence-corrected chi connectivity index (χ4v) is 2.09. The number of aromatic nitrogens is 2. The third-order valence-electron chi connectivity index (χ3n) is 2.62. The minimum Gasteiger partial charge on any atom is -0.372 e. The number of nitrogens with one attached hydrogen (secondary N) is 1. The lowest BCUT2D eigenvalue weighted by Gasteiger charge is -2.14. The Morgan fingerprint density at radius 3 is 2.33 bits per heavy atom. The summed E-state index contributed by atoms with van der Waals surface area (Å²) < 4.78 is 1.12. The standard InChI is InChI=1S/C11H18IN3/c1-5-8(6-2)10-14-7(3)9(12)11(13-4)15-10/h8H,5-6H2,1-4H3,(H,13,14,15). The van der Waals surface area contributed by atoms with Crippen LogP contribution in [0.5, 0.6) is 0 Å². The summed E-state index contributed by atoms with van der Waals surface area (Å²) >= 11 is 2.28. The predicted molar refractivity (Wildman–Crippen MR) is 72.4 cm³/mol. The van der Waals surface area contributed by atoms with Crippen LogP contribution in [-0.4, -0.2) is 17.0 Å². The Morgan fingerprint density at radius 2 is 1.87 bits per heavy atom. The van der Waals surface area contributed by atoms with Crippen LogP contribution in [0.2, 0.25) is 0 Å². The maximum Gasteiger partial charge on any atom is 0.143 e. The van der Waals surface area contributed by atoms with E-state index >= 15 is 0 Å². The van der Waals surface area contributed by atoms with Crippen LogP contribution in [0, 0.1) is 10.5 Å². The molecule has 3 nitrogen and oxygen atoms in total. The molecule has 0 aliphatic carbocycles. The second-order valence-corrected chi connectivity index (χ2v) is 4.67. The molecule has 84 valence electrons. The molecule has 0 unspecified atom stereocenters. The van der Waals surface area contributed by atoms with Gasteiger partial charge < -0.3 is 5.32 Å². The summed E-state index contributed by atoms with van der Waals surface area (Å²) in [6.45, 7) is 6.41. The van der Waals surface area contributed by atoms with Crippen LogP contribution < -0.4 is 5.32 Å². The molecule has 0 fully saturated rings. The highest BCUT2D eigenvalue weighted by Gasteiger charge is 2.14. The van der Waals surface area contributed by atoms with E-state index in [9.17, 15) is 0 Å². The molecule has 1 aromatic heterocycles. The highest BCUT2D eigenvalue weighted by molar-refractivity contribution is 14.1. The molecule has 1 N–H and O–H groups in total. The lowest BCUT2D eigenvalue weighted by Crippen LogP contribution is -2.09. The molecule has 1 heterocycles. The smallest absolute Gasteiger partial charge is 0.143 e. The molecule has 0 saturated heterocycles. The highest BCUT2D eigenvalue weighted by atomic mass is 127. The van der Waals surface area contributed by atoms with Crippen LogP contribution >= 0.6 is 22.6 Å². The Morgan fingerprint density at radius 1 is 1.27 bits per heavy atom. The lowest BCUT2D eigenvalue weighted by molar-refractivity contribution is 0.599. The largest absolute Gasteiger partial charge is 0.372 e. The van der Waals surface area contributed by atoms with Gasteiger partial charge in [0, 0.05) is 13.0 Å². The van der Waals surface area contributed by atoms with Crippen molar-refractivity contribution < 1.29 is 0 Å². The zero-order valence-electron chi connectivity index (χ0n) is 9.76. The molecule has 0 saturated carbocycles. The van der Waals surface area contributed by atoms with Crippen LogP contribution in [0.15, 0.2) is 0 Å². The monoisotopic (exact) mass is 319 g/mol. The van der Waals surface area contributed by atoms with Gasteiger partial charge in [-0.1, -0.05) is 13.8 Å². The molecular weight excluding hydrogens is 301 g/mol. The number of anilines is 1. The van der Waals surface area contributed by atoms with Gasteiger partial charge in [0.1, 0.15) is 11.6 Å². The van der Waals surface area contributed by atoms with Gasteiger partial charge in [-0.05, 0) is 42.4 Å². The van der Waals surface area contributed by atoms with Crippen molar-refractivity contribution in [2.45, 2.75) is 39.5 Å². The van der Waals surface area contributed by atoms with Gasteiger partial charge in [-0.15, -0.1) is 0 Å². The van der Waals surface area contributed by atoms with Gasteiger partial charge in [0.2, 0.25) is 0 Å². The number of nitrogens with zero attached hydrogens (tertiary/aromatic N) is 2. The normalized spacial score (nSPS) is 10.8. The van der Waals surface area contributed by atoms with Gasteiger partial charge in [0.25, 0.3) is 0 Å². The molecule has 1 aromatic rings. The Kier molecular flexibility index (Phi) is 4.76. The Labute approximate surface area is 105 Å². The summed E-state index contributed by atoms with van der Waals surface area (Å²) in [7, 11) is 1.90. The quantitative estimate of drug-likeness (QED) is 0.865. The van der Waals surface area contributed by atoms with Crippen molar-refractivity contribution in [3.05, 3.63) is 15.1 Å². The molecule has 0 amide bonds. The van der Waals surface area contributed by atoms with Gasteiger partial charge in [0.05, 0.1) is 9.26 Å². The van der Waals surface area contributed by atoms with Gasteiger partial charge in [-0.3, -0.25) is 0 Å². The van der Waals surface area contributed by atoms with Crippen molar-refractivity contribution in [2.75, 3.05) is 12.4 Å². The van der Waals surface area contributed by atoms with E-state index in [1.54, 1.807) is 0 Å². The van der Waals surface area contributed by atoms with E-state index in [0.717, 1.165) is 33.7 Å². The molecule has 15 heavy (non-hydrogen) atoms. The topological polar surface area (TPSA) is 37.8 Å². The fraction of sp³-hybridized carbons (Fsp3) is 0.636. The predicted octanol–water partition coefficient (Wildman–Crippen LogP) is 3.33. The van der Waals surface area contributed by atoms with Crippen molar-refractivity contribution in [1.29, 1.82) is 0 Å². The summed E-state index contributed by atoms with van der Waals surface area (Å²) in [6.07, 6.45) is 2.19. The second kappa shape index (κ2) is 5.63. The first-order chi connectivity index (χ1) is 7.13. The highest BCUT2D eigenvalue weighted by Crippen LogP contribution is 2.24. The van der Waals surface area contributed by atoms with E-state index in [-0.39, 0.29) is 0 Å². The van der Waals surface area contributed by atoms with Crippen molar-refractivity contribution in [2.24, 2.45) is 0 Å². The molecular formula is C11H18IN3. The van der Waals surface area contributed by atoms with Gasteiger partial charge >= 0.3 is 0 Å². The van der Waals surface area contributed by atoms with E-state index < -0.39 is 0 Å². The van der Waals surface area contributed by atoms with Crippen molar-refractivity contribution in [3.8, 4) is 0 Å². The number of aryl methyl sites for hydroxylation is 1. The average Bonchev–Trinajstić information content (AvgIpc) is 2.24. The molecule has 0 aliphatic rings. The molecule has 0 atom stereocenters. The lowest BCUT2D eigenvalue weighted by atomic mass is 10.0. The Hall–Kier alpha value is -0.390. The maximum atomic E-state index is 4.56. The summed E-state index contributed by atoms with van der Waals surface area (Å²) in [6, 6.07) is 0. The third kappa shape index (κ3) is 2.80. The summed E-state index contributed by atoms with van der Waals surface area (Å²) in [5.74, 6) is 2.40. The van der Waals surface area contributed by atoms with Crippen LogP contribution in [0.1, 0.15) is 44.1 Å². The molecule has 0 radical (unpaired) electrons. The van der Waals surface area contributed by atoms with E-state index in [0.29, 0.717) is 5.92 Å². The van der Waals surface area contributed by atoms with E-state index in [1.165, 1.54) is 0 Å². The number of hydrogen-bond acceptors (Lipinski definition) is 3. The van der Waals surface area contributed by atoms with Crippen LogP contribution in [0.4, 0.5) is 5.82 Å². The van der Waals surface area contributed by atoms with Crippen LogP contribution in [-0.2, 0) is 0 Å². The van der Waals surface area contributed by atoms with Crippen molar-refractivity contribution >= 4 is 28.4 Å². The summed E-state index contributed by atoms with van der Waals surface area (Å²) in [4.78, 5) is 9.13. The summed E-state index contributed by atoms with van der Waals surface area (Å²) in [5, 5.41) is 3.12. The van der Waals surface area contributed by atoms with E-state index in [1.807, 2.05) is 14.0 Å². The maximum absolute atomic E-state index is 4.56. The molecule has 0 aromatic carbocycles. The van der Waals surface area contributed by atoms with Crippen LogP contribution in [0.25, 0.3) is 0 Å². The fourth-order valence-electron chi connectivity index (χ4n) is 1.58. The Balaban J connectivity index is 3.15. The van der Waals surface area contributed by atoms with E-state index in [4.69, 9.17) is 0 Å². The van der Waals surface area contributed by atoms with Gasteiger partial charge in [-0.25, -0.2) is 9.97 Å². The minimum atomic E-state index is 0.479. The molecule has 0 bridgehead atoms. The van der Waals surface area contributed by atoms with Crippen molar-refractivity contribution in [1.82, 2.24) is 9.97 Å². The number of halogens is 1. The molecule has 0 spiro atoms. The first-order valence-electron chi connectivity index (χ1n) is 5.35. The number of rotatable bonds is 4. The Bertz CT molecular complexity index is 335. The van der Waals surface area contributed by atoms with Crippen LogP contribution in [0.3, 0.4) is 0 Å². The third-order valence-corrected chi connectivity index (χ3v) is 3.91. The average molecular weight is 319 g/mol. The molecule has 4 heteroatoms. The zero-order valence-corrected chi connectivity index (χ0v) is 11.9. The molecule has 0 aliphatic heterocycles. The van der Waals surface area contributed by atoms with Gasteiger partial charge in [0.15, 0.2) is 0 Å². The second-order valence-electron chi connectivity index (χ2n) is 3.59.